The maximum absolute atomic E-state index is 11.7. The molecule has 5 nitrogen and oxygen atoms in total. The lowest BCUT2D eigenvalue weighted by Gasteiger charge is -2.37. The monoisotopic (exact) mass is 262 g/mol. The highest BCUT2D eigenvalue weighted by Gasteiger charge is 2.25. The maximum Gasteiger partial charge on any atom is 0.222 e. The summed E-state index contributed by atoms with van der Waals surface area (Å²) < 4.78 is 0. The van der Waals surface area contributed by atoms with E-state index in [1.807, 2.05) is 31.0 Å². The van der Waals surface area contributed by atoms with Crippen molar-refractivity contribution < 1.29 is 4.79 Å². The molecule has 1 saturated heterocycles. The quantitative estimate of drug-likeness (QED) is 0.896. The number of amides is 1. The average molecular weight is 262 g/mol. The van der Waals surface area contributed by atoms with Gasteiger partial charge in [0, 0.05) is 32.6 Å². The second-order valence-electron chi connectivity index (χ2n) is 5.03. The van der Waals surface area contributed by atoms with Gasteiger partial charge in [-0.25, -0.2) is 4.98 Å². The van der Waals surface area contributed by atoms with Crippen molar-refractivity contribution in [3.63, 3.8) is 0 Å². The van der Waals surface area contributed by atoms with Gasteiger partial charge in [0.15, 0.2) is 0 Å². The summed E-state index contributed by atoms with van der Waals surface area (Å²) in [6.45, 7) is 3.78. The van der Waals surface area contributed by atoms with E-state index >= 15 is 0 Å². The SMILES string of the molecule is CCC(=O)N(C)C1CCN(c2ccc(N)cn2)CC1. The molecule has 104 valence electrons. The predicted octanol–water partition coefficient (Wildman–Crippen LogP) is 1.50. The number of nitrogens with two attached hydrogens (primary N) is 1. The van der Waals surface area contributed by atoms with Crippen LogP contribution < -0.4 is 10.6 Å². The molecule has 0 atom stereocenters. The van der Waals surface area contributed by atoms with Gasteiger partial charge in [-0.2, -0.15) is 0 Å². The number of carbonyl (C=O) groups excluding carboxylic acids is 1. The van der Waals surface area contributed by atoms with Gasteiger partial charge in [-0.05, 0) is 25.0 Å². The molecule has 0 unspecified atom stereocenters. The topological polar surface area (TPSA) is 62.5 Å². The lowest BCUT2D eigenvalue weighted by molar-refractivity contribution is -0.131. The van der Waals surface area contributed by atoms with Gasteiger partial charge in [0.1, 0.15) is 5.82 Å². The molecule has 0 radical (unpaired) electrons. The Kier molecular flexibility index (Phi) is 4.24. The summed E-state index contributed by atoms with van der Waals surface area (Å²) in [5.74, 6) is 1.20. The van der Waals surface area contributed by atoms with Crippen LogP contribution in [-0.4, -0.2) is 42.0 Å². The first-order chi connectivity index (χ1) is 9.11. The second kappa shape index (κ2) is 5.91. The summed E-state index contributed by atoms with van der Waals surface area (Å²) >= 11 is 0. The molecule has 1 aliphatic rings. The minimum Gasteiger partial charge on any atom is -0.397 e. The van der Waals surface area contributed by atoms with E-state index in [-0.39, 0.29) is 5.91 Å². The van der Waals surface area contributed by atoms with Crippen LogP contribution in [0, 0.1) is 0 Å². The Morgan fingerprint density at radius 1 is 1.47 bits per heavy atom. The van der Waals surface area contributed by atoms with E-state index in [0.29, 0.717) is 18.2 Å². The van der Waals surface area contributed by atoms with E-state index in [1.54, 1.807) is 6.20 Å². The van der Waals surface area contributed by atoms with Gasteiger partial charge < -0.3 is 15.5 Å². The number of rotatable bonds is 3. The van der Waals surface area contributed by atoms with Crippen LogP contribution in [-0.2, 0) is 4.79 Å². The van der Waals surface area contributed by atoms with E-state index in [2.05, 4.69) is 9.88 Å². The summed E-state index contributed by atoms with van der Waals surface area (Å²) in [6.07, 6.45) is 4.26. The number of nitrogen functional groups attached to an aromatic ring is 1. The lowest BCUT2D eigenvalue weighted by atomic mass is 10.0. The Balaban J connectivity index is 1.92. The van der Waals surface area contributed by atoms with Crippen molar-refractivity contribution in [3.05, 3.63) is 18.3 Å². The Labute approximate surface area is 114 Å². The molecule has 0 aromatic carbocycles. The number of nitrogens with zero attached hydrogens (tertiary/aromatic N) is 3. The third-order valence-corrected chi connectivity index (χ3v) is 3.80. The normalized spacial score (nSPS) is 16.4. The number of piperidine rings is 1. The largest absolute Gasteiger partial charge is 0.397 e. The van der Waals surface area contributed by atoms with Crippen LogP contribution in [0.3, 0.4) is 0 Å². The molecule has 0 saturated carbocycles. The van der Waals surface area contributed by atoms with Crippen molar-refractivity contribution in [2.24, 2.45) is 0 Å². The fourth-order valence-corrected chi connectivity index (χ4v) is 2.52. The zero-order valence-electron chi connectivity index (χ0n) is 11.7. The van der Waals surface area contributed by atoms with Crippen molar-refractivity contribution in [1.82, 2.24) is 9.88 Å². The minimum absolute atomic E-state index is 0.226. The van der Waals surface area contributed by atoms with Crippen molar-refractivity contribution in [3.8, 4) is 0 Å². The van der Waals surface area contributed by atoms with Crippen LogP contribution in [0.4, 0.5) is 11.5 Å². The number of anilines is 2. The van der Waals surface area contributed by atoms with E-state index in [4.69, 9.17) is 5.73 Å². The predicted molar refractivity (Wildman–Crippen MR) is 76.9 cm³/mol. The minimum atomic E-state index is 0.226. The molecule has 1 amide bonds. The zero-order chi connectivity index (χ0) is 13.8. The number of aromatic nitrogens is 1. The molecule has 1 aliphatic heterocycles. The van der Waals surface area contributed by atoms with E-state index < -0.39 is 0 Å². The lowest BCUT2D eigenvalue weighted by Crippen LogP contribution is -2.45. The van der Waals surface area contributed by atoms with Crippen LogP contribution in [0.25, 0.3) is 0 Å². The van der Waals surface area contributed by atoms with Gasteiger partial charge in [0.25, 0.3) is 0 Å². The number of hydrogen-bond donors (Lipinski definition) is 1. The van der Waals surface area contributed by atoms with Gasteiger partial charge in [-0.15, -0.1) is 0 Å². The maximum atomic E-state index is 11.7. The second-order valence-corrected chi connectivity index (χ2v) is 5.03. The molecule has 0 bridgehead atoms. The van der Waals surface area contributed by atoms with E-state index in [9.17, 15) is 4.79 Å². The third-order valence-electron chi connectivity index (χ3n) is 3.80. The number of pyridine rings is 1. The van der Waals surface area contributed by atoms with Crippen molar-refractivity contribution in [2.45, 2.75) is 32.2 Å². The Bertz CT molecular complexity index is 424. The van der Waals surface area contributed by atoms with Gasteiger partial charge in [-0.1, -0.05) is 6.92 Å². The van der Waals surface area contributed by atoms with Gasteiger partial charge in [-0.3, -0.25) is 4.79 Å². The van der Waals surface area contributed by atoms with Crippen LogP contribution in [0.2, 0.25) is 0 Å². The smallest absolute Gasteiger partial charge is 0.222 e. The summed E-state index contributed by atoms with van der Waals surface area (Å²) in [7, 11) is 1.91. The zero-order valence-corrected chi connectivity index (χ0v) is 11.7. The Morgan fingerprint density at radius 2 is 2.16 bits per heavy atom. The molecule has 1 aromatic heterocycles. The molecule has 1 aromatic rings. The van der Waals surface area contributed by atoms with Crippen LogP contribution >= 0.6 is 0 Å². The summed E-state index contributed by atoms with van der Waals surface area (Å²) in [5.41, 5.74) is 6.33. The van der Waals surface area contributed by atoms with E-state index in [0.717, 1.165) is 31.7 Å². The average Bonchev–Trinajstić information content (AvgIpc) is 2.46. The fraction of sp³-hybridized carbons (Fsp3) is 0.571. The van der Waals surface area contributed by atoms with Gasteiger partial charge in [0.2, 0.25) is 5.91 Å². The molecule has 19 heavy (non-hydrogen) atoms. The third kappa shape index (κ3) is 3.16. The molecule has 0 spiro atoms. The standard InChI is InChI=1S/C14H22N4O/c1-3-14(19)17(2)12-6-8-18(9-7-12)13-5-4-11(15)10-16-13/h4-5,10,12H,3,6-9,15H2,1-2H3. The number of hydrogen-bond acceptors (Lipinski definition) is 4. The molecule has 1 fully saturated rings. The molecule has 5 heteroatoms. The van der Waals surface area contributed by atoms with Crippen molar-refractivity contribution in [1.29, 1.82) is 0 Å². The first kappa shape index (κ1) is 13.6. The van der Waals surface area contributed by atoms with Crippen molar-refractivity contribution in [2.75, 3.05) is 30.8 Å². The summed E-state index contributed by atoms with van der Waals surface area (Å²) in [5, 5.41) is 0. The Hall–Kier alpha value is -1.78. The highest BCUT2D eigenvalue weighted by atomic mass is 16.2. The van der Waals surface area contributed by atoms with Gasteiger partial charge in [0.05, 0.1) is 11.9 Å². The van der Waals surface area contributed by atoms with Crippen LogP contribution in [0.1, 0.15) is 26.2 Å². The highest BCUT2D eigenvalue weighted by molar-refractivity contribution is 5.75. The van der Waals surface area contributed by atoms with Crippen molar-refractivity contribution >= 4 is 17.4 Å². The fourth-order valence-electron chi connectivity index (χ4n) is 2.52. The molecule has 2 N–H and O–H groups in total. The molecular formula is C14H22N4O. The first-order valence-electron chi connectivity index (χ1n) is 6.84. The molecule has 2 heterocycles. The van der Waals surface area contributed by atoms with Crippen LogP contribution in [0.15, 0.2) is 18.3 Å². The Morgan fingerprint density at radius 3 is 2.68 bits per heavy atom. The molecule has 2 rings (SSSR count). The molecular weight excluding hydrogens is 240 g/mol. The summed E-state index contributed by atoms with van der Waals surface area (Å²) in [6, 6.07) is 4.19. The first-order valence-corrected chi connectivity index (χ1v) is 6.84. The highest BCUT2D eigenvalue weighted by Crippen LogP contribution is 2.21. The van der Waals surface area contributed by atoms with Gasteiger partial charge >= 0.3 is 0 Å². The summed E-state index contributed by atoms with van der Waals surface area (Å²) in [4.78, 5) is 20.2. The molecule has 0 aliphatic carbocycles. The van der Waals surface area contributed by atoms with Crippen LogP contribution in [0.5, 0.6) is 0 Å². The van der Waals surface area contributed by atoms with E-state index in [1.165, 1.54) is 0 Å². The number of carbonyl (C=O) groups is 1.